The molecular weight excluding hydrogens is 495 g/mol. The molecule has 0 amide bonds. The van der Waals surface area contributed by atoms with E-state index in [4.69, 9.17) is 4.99 Å². The van der Waals surface area contributed by atoms with Crippen LogP contribution >= 0.6 is 35.3 Å². The van der Waals surface area contributed by atoms with Crippen molar-refractivity contribution < 1.29 is 0 Å². The van der Waals surface area contributed by atoms with Crippen molar-refractivity contribution in [1.29, 1.82) is 0 Å². The molecule has 1 atom stereocenters. The maximum absolute atomic E-state index is 4.77. The van der Waals surface area contributed by atoms with Gasteiger partial charge in [-0.15, -0.1) is 45.5 Å². The van der Waals surface area contributed by atoms with Gasteiger partial charge in [0, 0.05) is 29.3 Å². The molecule has 0 radical (unpaired) electrons. The summed E-state index contributed by atoms with van der Waals surface area (Å²) in [7, 11) is 1.97. The maximum atomic E-state index is 4.77. The summed E-state index contributed by atoms with van der Waals surface area (Å²) < 4.78 is 1.99. The number of halogens is 1. The first kappa shape index (κ1) is 23.3. The Morgan fingerprint density at radius 1 is 1.14 bits per heavy atom. The van der Waals surface area contributed by atoms with Gasteiger partial charge in [0.25, 0.3) is 0 Å². The molecule has 0 aliphatic carbocycles. The average Bonchev–Trinajstić information content (AvgIpc) is 3.24. The van der Waals surface area contributed by atoms with Gasteiger partial charge in [0.1, 0.15) is 5.82 Å². The molecular formula is C21H29IN6S. The third-order valence-electron chi connectivity index (χ3n) is 4.55. The Hall–Kier alpha value is -1.94. The van der Waals surface area contributed by atoms with E-state index in [0.717, 1.165) is 24.0 Å². The fraction of sp³-hybridized carbons (Fsp3) is 0.381. The van der Waals surface area contributed by atoms with E-state index in [2.05, 4.69) is 58.9 Å². The van der Waals surface area contributed by atoms with Gasteiger partial charge in [0.2, 0.25) is 0 Å². The Labute approximate surface area is 193 Å². The number of guanidine groups is 1. The molecule has 1 aromatic carbocycles. The number of benzene rings is 1. The van der Waals surface area contributed by atoms with Crippen LogP contribution in [-0.2, 0) is 26.6 Å². The van der Waals surface area contributed by atoms with Crippen molar-refractivity contribution in [2.24, 2.45) is 12.0 Å². The van der Waals surface area contributed by atoms with Crippen LogP contribution in [-0.4, -0.2) is 26.8 Å². The molecule has 29 heavy (non-hydrogen) atoms. The molecule has 0 spiro atoms. The lowest BCUT2D eigenvalue weighted by molar-refractivity contribution is 0.633. The van der Waals surface area contributed by atoms with Gasteiger partial charge in [-0.05, 0) is 38.5 Å². The minimum atomic E-state index is 0. The number of aryl methyl sites for hydroxylation is 2. The zero-order valence-corrected chi connectivity index (χ0v) is 20.5. The van der Waals surface area contributed by atoms with Gasteiger partial charge in [0.15, 0.2) is 11.8 Å². The van der Waals surface area contributed by atoms with Crippen LogP contribution in [0.2, 0.25) is 0 Å². The van der Waals surface area contributed by atoms with Crippen LogP contribution in [0.1, 0.15) is 33.9 Å². The number of hydrogen-bond donors (Lipinski definition) is 2. The standard InChI is InChI=1S/C21H28N6S.HI/c1-15(12-19-11-10-16(2)28-19)24-21(22-13-18-8-6-5-7-9-18)23-14-20-26-25-17(3)27(20)4;/h5-11,15H,12-14H2,1-4H3,(H2,22,23,24);1H. The molecule has 3 aromatic rings. The van der Waals surface area contributed by atoms with E-state index in [1.807, 2.05) is 48.1 Å². The predicted molar refractivity (Wildman–Crippen MR) is 131 cm³/mol. The Morgan fingerprint density at radius 3 is 2.52 bits per heavy atom. The van der Waals surface area contributed by atoms with Crippen molar-refractivity contribution in [3.05, 3.63) is 69.4 Å². The summed E-state index contributed by atoms with van der Waals surface area (Å²) in [5, 5.41) is 15.3. The monoisotopic (exact) mass is 524 g/mol. The van der Waals surface area contributed by atoms with Crippen LogP contribution in [0.15, 0.2) is 47.5 Å². The average molecular weight is 524 g/mol. The fourth-order valence-electron chi connectivity index (χ4n) is 2.86. The molecule has 0 saturated carbocycles. The number of hydrogen-bond acceptors (Lipinski definition) is 4. The quantitative estimate of drug-likeness (QED) is 0.279. The summed E-state index contributed by atoms with van der Waals surface area (Å²) in [6.07, 6.45) is 0.966. The lowest BCUT2D eigenvalue weighted by Gasteiger charge is -2.18. The number of thiophene rings is 1. The summed E-state index contributed by atoms with van der Waals surface area (Å²) in [6, 6.07) is 14.9. The van der Waals surface area contributed by atoms with Crippen molar-refractivity contribution in [1.82, 2.24) is 25.4 Å². The Balaban J connectivity index is 0.00000300. The number of nitrogens with zero attached hydrogens (tertiary/aromatic N) is 4. The van der Waals surface area contributed by atoms with Crippen molar-refractivity contribution in [3.63, 3.8) is 0 Å². The largest absolute Gasteiger partial charge is 0.354 e. The number of rotatable bonds is 7. The topological polar surface area (TPSA) is 67.1 Å². The molecule has 2 aromatic heterocycles. The zero-order chi connectivity index (χ0) is 19.9. The molecule has 0 saturated heterocycles. The van der Waals surface area contributed by atoms with Gasteiger partial charge in [-0.25, -0.2) is 4.99 Å². The normalized spacial score (nSPS) is 12.3. The Morgan fingerprint density at radius 2 is 1.90 bits per heavy atom. The molecule has 156 valence electrons. The first-order valence-electron chi connectivity index (χ1n) is 9.50. The Bertz CT molecular complexity index is 918. The van der Waals surface area contributed by atoms with E-state index in [9.17, 15) is 0 Å². The van der Waals surface area contributed by atoms with E-state index in [1.54, 1.807) is 0 Å². The second-order valence-electron chi connectivity index (χ2n) is 6.99. The Kier molecular flexibility index (Phi) is 9.09. The third-order valence-corrected chi connectivity index (χ3v) is 5.57. The van der Waals surface area contributed by atoms with Gasteiger partial charge in [-0.3, -0.25) is 0 Å². The lowest BCUT2D eigenvalue weighted by atomic mass is 10.2. The maximum Gasteiger partial charge on any atom is 0.192 e. The molecule has 2 N–H and O–H groups in total. The minimum Gasteiger partial charge on any atom is -0.354 e. The number of aromatic nitrogens is 3. The van der Waals surface area contributed by atoms with Crippen LogP contribution < -0.4 is 10.6 Å². The summed E-state index contributed by atoms with van der Waals surface area (Å²) in [5.74, 6) is 2.56. The first-order chi connectivity index (χ1) is 13.5. The molecule has 6 nitrogen and oxygen atoms in total. The highest BCUT2D eigenvalue weighted by Crippen LogP contribution is 2.16. The van der Waals surface area contributed by atoms with Crippen molar-refractivity contribution >= 4 is 41.3 Å². The van der Waals surface area contributed by atoms with Crippen molar-refractivity contribution in [2.45, 2.75) is 46.3 Å². The molecule has 8 heteroatoms. The molecule has 0 aliphatic heterocycles. The van der Waals surface area contributed by atoms with Crippen LogP contribution in [0.5, 0.6) is 0 Å². The molecule has 3 rings (SSSR count). The highest BCUT2D eigenvalue weighted by atomic mass is 127. The van der Waals surface area contributed by atoms with Crippen molar-refractivity contribution in [3.8, 4) is 0 Å². The zero-order valence-electron chi connectivity index (χ0n) is 17.3. The van der Waals surface area contributed by atoms with Gasteiger partial charge < -0.3 is 15.2 Å². The molecule has 2 heterocycles. The summed E-state index contributed by atoms with van der Waals surface area (Å²) >= 11 is 1.85. The van der Waals surface area contributed by atoms with Crippen LogP contribution in [0.4, 0.5) is 0 Å². The second-order valence-corrected chi connectivity index (χ2v) is 8.36. The fourth-order valence-corrected chi connectivity index (χ4v) is 3.87. The summed E-state index contributed by atoms with van der Waals surface area (Å²) in [4.78, 5) is 7.49. The van der Waals surface area contributed by atoms with Gasteiger partial charge in [-0.2, -0.15) is 0 Å². The number of aliphatic imine (C=N–C) groups is 1. The second kappa shape index (κ2) is 11.3. The van der Waals surface area contributed by atoms with E-state index in [0.29, 0.717) is 13.1 Å². The van der Waals surface area contributed by atoms with Crippen molar-refractivity contribution in [2.75, 3.05) is 0 Å². The number of nitrogens with one attached hydrogen (secondary N) is 2. The van der Waals surface area contributed by atoms with Gasteiger partial charge in [0.05, 0.1) is 13.1 Å². The predicted octanol–water partition coefficient (Wildman–Crippen LogP) is 3.98. The van der Waals surface area contributed by atoms with Crippen LogP contribution in [0, 0.1) is 13.8 Å². The highest BCUT2D eigenvalue weighted by molar-refractivity contribution is 14.0. The van der Waals surface area contributed by atoms with Gasteiger partial charge in [-0.1, -0.05) is 30.3 Å². The van der Waals surface area contributed by atoms with E-state index < -0.39 is 0 Å². The smallest absolute Gasteiger partial charge is 0.192 e. The molecule has 0 bridgehead atoms. The minimum absolute atomic E-state index is 0. The summed E-state index contributed by atoms with van der Waals surface area (Å²) in [5.41, 5.74) is 1.18. The highest BCUT2D eigenvalue weighted by Gasteiger charge is 2.10. The summed E-state index contributed by atoms with van der Waals surface area (Å²) in [6.45, 7) is 7.47. The van der Waals surface area contributed by atoms with Gasteiger partial charge >= 0.3 is 0 Å². The molecule has 0 aliphatic rings. The molecule has 0 fully saturated rings. The van der Waals surface area contributed by atoms with Crippen LogP contribution in [0.25, 0.3) is 0 Å². The third kappa shape index (κ3) is 7.11. The van der Waals surface area contributed by atoms with E-state index >= 15 is 0 Å². The molecule has 1 unspecified atom stereocenters. The SMILES string of the molecule is Cc1ccc(CC(C)NC(=NCc2ccccc2)NCc2nnc(C)n2C)s1.I. The van der Waals surface area contributed by atoms with E-state index in [-0.39, 0.29) is 30.0 Å². The van der Waals surface area contributed by atoms with E-state index in [1.165, 1.54) is 15.3 Å². The van der Waals surface area contributed by atoms with Crippen LogP contribution in [0.3, 0.4) is 0 Å². The first-order valence-corrected chi connectivity index (χ1v) is 10.3. The lowest BCUT2D eigenvalue weighted by Crippen LogP contribution is -2.43.